The molecule has 1 N–H and O–H groups in total. The molecule has 0 bridgehead atoms. The van der Waals surface area contributed by atoms with Gasteiger partial charge in [0, 0.05) is 18.7 Å². The van der Waals surface area contributed by atoms with E-state index in [9.17, 15) is 14.0 Å². The first kappa shape index (κ1) is 20.3. The number of hydrogen-bond acceptors (Lipinski definition) is 7. The highest BCUT2D eigenvalue weighted by Crippen LogP contribution is 2.32. The Hall–Kier alpha value is -3.95. The predicted octanol–water partition coefficient (Wildman–Crippen LogP) is 2.76. The lowest BCUT2D eigenvalue weighted by Crippen LogP contribution is -2.24. The Balaban J connectivity index is 1.33. The van der Waals surface area contributed by atoms with Gasteiger partial charge < -0.3 is 18.8 Å². The molecular weight excluding hydrogens is 407 g/mol. The molecule has 1 aliphatic rings. The first-order valence-corrected chi connectivity index (χ1v) is 9.48. The van der Waals surface area contributed by atoms with Gasteiger partial charge in [-0.1, -0.05) is 5.10 Å². The Morgan fingerprint density at radius 1 is 1.16 bits per heavy atom. The fourth-order valence-corrected chi connectivity index (χ4v) is 3.17. The van der Waals surface area contributed by atoms with E-state index in [1.165, 1.54) is 24.3 Å². The maximum atomic E-state index is 12.9. The van der Waals surface area contributed by atoms with E-state index in [-0.39, 0.29) is 36.8 Å². The van der Waals surface area contributed by atoms with Gasteiger partial charge in [0.2, 0.25) is 11.8 Å². The van der Waals surface area contributed by atoms with Gasteiger partial charge in [-0.15, -0.1) is 5.10 Å². The average Bonchev–Trinajstić information content (AvgIpc) is 3.40. The number of ether oxygens (including phenoxy) is 2. The summed E-state index contributed by atoms with van der Waals surface area (Å²) in [5.74, 6) is 0.0560. The van der Waals surface area contributed by atoms with E-state index in [0.29, 0.717) is 18.0 Å². The van der Waals surface area contributed by atoms with Crippen LogP contribution in [0, 0.1) is 5.82 Å². The van der Waals surface area contributed by atoms with Crippen LogP contribution in [0.1, 0.15) is 18.2 Å². The van der Waals surface area contributed by atoms with Gasteiger partial charge in [0.1, 0.15) is 17.3 Å². The molecule has 9 nitrogen and oxygen atoms in total. The van der Waals surface area contributed by atoms with Crippen molar-refractivity contribution in [3.05, 3.63) is 60.2 Å². The van der Waals surface area contributed by atoms with Crippen LogP contribution in [0.4, 0.5) is 16.1 Å². The molecule has 4 rings (SSSR count). The maximum absolute atomic E-state index is 12.9. The number of anilines is 2. The lowest BCUT2D eigenvalue weighted by Gasteiger charge is -2.16. The highest BCUT2D eigenvalue weighted by Gasteiger charge is 2.35. The Labute approximate surface area is 176 Å². The number of nitrogens with one attached hydrogen (secondary N) is 1. The van der Waals surface area contributed by atoms with Crippen molar-refractivity contribution in [1.82, 2.24) is 10.2 Å². The number of amides is 2. The van der Waals surface area contributed by atoms with Crippen molar-refractivity contribution in [3.8, 4) is 11.5 Å². The third-order valence-corrected chi connectivity index (χ3v) is 4.73. The molecule has 0 aliphatic carbocycles. The molecule has 1 aliphatic heterocycles. The second kappa shape index (κ2) is 8.82. The van der Waals surface area contributed by atoms with E-state index in [2.05, 4.69) is 15.5 Å². The van der Waals surface area contributed by atoms with Crippen molar-refractivity contribution in [2.75, 3.05) is 30.5 Å². The highest BCUT2D eigenvalue weighted by molar-refractivity contribution is 5.96. The summed E-state index contributed by atoms with van der Waals surface area (Å²) in [6.45, 7) is 0.0743. The molecule has 31 heavy (non-hydrogen) atoms. The highest BCUT2D eigenvalue weighted by atomic mass is 19.1. The summed E-state index contributed by atoms with van der Waals surface area (Å²) in [5.41, 5.74) is 0.749. The molecule has 0 saturated carbocycles. The van der Waals surface area contributed by atoms with Crippen LogP contribution in [0.2, 0.25) is 0 Å². The van der Waals surface area contributed by atoms with Gasteiger partial charge in [-0.05, 0) is 48.5 Å². The van der Waals surface area contributed by atoms with Crippen molar-refractivity contribution in [3.63, 3.8) is 0 Å². The quantitative estimate of drug-likeness (QED) is 0.619. The number of methoxy groups -OCH3 is 1. The Morgan fingerprint density at radius 2 is 1.87 bits per heavy atom. The second-order valence-electron chi connectivity index (χ2n) is 6.84. The van der Waals surface area contributed by atoms with Crippen LogP contribution >= 0.6 is 0 Å². The van der Waals surface area contributed by atoms with Crippen molar-refractivity contribution >= 4 is 23.5 Å². The summed E-state index contributed by atoms with van der Waals surface area (Å²) in [4.78, 5) is 26.1. The zero-order valence-corrected chi connectivity index (χ0v) is 16.6. The molecule has 3 aromatic rings. The summed E-state index contributed by atoms with van der Waals surface area (Å²) in [6.07, 6.45) is 0.218. The SMILES string of the molecule is COc1ccc(N2CC(c3nnc(NC(=O)COc4ccc(F)cc4)o3)CC2=O)cc1. The first-order chi connectivity index (χ1) is 15.0. The van der Waals surface area contributed by atoms with E-state index < -0.39 is 11.7 Å². The zero-order chi connectivity index (χ0) is 21.8. The van der Waals surface area contributed by atoms with Crippen LogP contribution in [-0.4, -0.2) is 42.3 Å². The van der Waals surface area contributed by atoms with E-state index in [1.54, 1.807) is 36.3 Å². The van der Waals surface area contributed by atoms with Crippen molar-refractivity contribution in [2.24, 2.45) is 0 Å². The summed E-state index contributed by atoms with van der Waals surface area (Å²) in [7, 11) is 1.58. The zero-order valence-electron chi connectivity index (χ0n) is 16.6. The van der Waals surface area contributed by atoms with Crippen molar-refractivity contribution in [1.29, 1.82) is 0 Å². The van der Waals surface area contributed by atoms with Gasteiger partial charge in [0.25, 0.3) is 5.91 Å². The molecule has 0 spiro atoms. The van der Waals surface area contributed by atoms with Gasteiger partial charge in [0.15, 0.2) is 6.61 Å². The number of halogens is 1. The van der Waals surface area contributed by atoms with Crippen LogP contribution in [0.25, 0.3) is 0 Å². The largest absolute Gasteiger partial charge is 0.497 e. The molecule has 1 aromatic heterocycles. The van der Waals surface area contributed by atoms with Crippen LogP contribution in [0.15, 0.2) is 52.9 Å². The van der Waals surface area contributed by atoms with Crippen LogP contribution < -0.4 is 19.7 Å². The number of rotatable bonds is 7. The van der Waals surface area contributed by atoms with Gasteiger partial charge >= 0.3 is 6.01 Å². The first-order valence-electron chi connectivity index (χ1n) is 9.48. The third kappa shape index (κ3) is 4.80. The van der Waals surface area contributed by atoms with Gasteiger partial charge in [-0.3, -0.25) is 14.9 Å². The molecular formula is C21H19FN4O5. The number of carbonyl (C=O) groups excluding carboxylic acids is 2. The Bertz CT molecular complexity index is 1070. The van der Waals surface area contributed by atoms with E-state index in [0.717, 1.165) is 5.69 Å². The predicted molar refractivity (Wildman–Crippen MR) is 108 cm³/mol. The van der Waals surface area contributed by atoms with Crippen LogP contribution in [0.3, 0.4) is 0 Å². The molecule has 1 atom stereocenters. The molecule has 0 radical (unpaired) electrons. The van der Waals surface area contributed by atoms with E-state index in [1.807, 2.05) is 0 Å². The Kier molecular flexibility index (Phi) is 5.78. The minimum absolute atomic E-state index is 0.0633. The topological polar surface area (TPSA) is 107 Å². The standard InChI is InChI=1S/C21H19FN4O5/c1-29-16-8-4-15(5-9-16)26-11-13(10-19(26)28)20-24-25-21(31-20)23-18(27)12-30-17-6-2-14(22)3-7-17/h2-9,13H,10-12H2,1H3,(H,23,25,27). The number of hydrogen-bond donors (Lipinski definition) is 1. The molecule has 1 saturated heterocycles. The second-order valence-corrected chi connectivity index (χ2v) is 6.84. The molecule has 160 valence electrons. The summed E-state index contributed by atoms with van der Waals surface area (Å²) in [5, 5.41) is 10.2. The Morgan fingerprint density at radius 3 is 2.58 bits per heavy atom. The number of carbonyl (C=O) groups is 2. The molecule has 10 heteroatoms. The third-order valence-electron chi connectivity index (χ3n) is 4.73. The van der Waals surface area contributed by atoms with Crippen LogP contribution in [-0.2, 0) is 9.59 Å². The minimum Gasteiger partial charge on any atom is -0.497 e. The smallest absolute Gasteiger partial charge is 0.322 e. The lowest BCUT2D eigenvalue weighted by atomic mass is 10.1. The average molecular weight is 426 g/mol. The lowest BCUT2D eigenvalue weighted by molar-refractivity contribution is -0.118. The molecule has 1 fully saturated rings. The normalized spacial score (nSPS) is 15.7. The van der Waals surface area contributed by atoms with Gasteiger partial charge in [-0.2, -0.15) is 0 Å². The van der Waals surface area contributed by atoms with E-state index in [4.69, 9.17) is 13.9 Å². The fourth-order valence-electron chi connectivity index (χ4n) is 3.17. The molecule has 2 heterocycles. The van der Waals surface area contributed by atoms with Gasteiger partial charge in [0.05, 0.1) is 13.0 Å². The maximum Gasteiger partial charge on any atom is 0.322 e. The molecule has 1 unspecified atom stereocenters. The fraction of sp³-hybridized carbons (Fsp3) is 0.238. The molecule has 2 aromatic carbocycles. The summed E-state index contributed by atoms with van der Waals surface area (Å²) >= 11 is 0. The number of aromatic nitrogens is 2. The van der Waals surface area contributed by atoms with E-state index >= 15 is 0 Å². The number of benzene rings is 2. The van der Waals surface area contributed by atoms with Crippen LogP contribution in [0.5, 0.6) is 11.5 Å². The number of nitrogens with zero attached hydrogens (tertiary/aromatic N) is 3. The monoisotopic (exact) mass is 426 g/mol. The summed E-state index contributed by atoms with van der Waals surface area (Å²) in [6, 6.07) is 12.4. The summed E-state index contributed by atoms with van der Waals surface area (Å²) < 4.78 is 28.8. The van der Waals surface area contributed by atoms with Gasteiger partial charge in [-0.25, -0.2) is 4.39 Å². The van der Waals surface area contributed by atoms with Crippen molar-refractivity contribution < 1.29 is 27.9 Å². The van der Waals surface area contributed by atoms with Crippen molar-refractivity contribution in [2.45, 2.75) is 12.3 Å². The molecule has 2 amide bonds. The minimum atomic E-state index is -0.512.